The van der Waals surface area contributed by atoms with Crippen LogP contribution in [0.15, 0.2) is 52.3 Å². The molecular weight excluding hydrogens is 390 g/mol. The molecule has 1 aliphatic carbocycles. The molecule has 0 N–H and O–H groups in total. The van der Waals surface area contributed by atoms with Crippen molar-refractivity contribution in [3.05, 3.63) is 81.2 Å². The van der Waals surface area contributed by atoms with Crippen LogP contribution in [0.4, 0.5) is 0 Å². The van der Waals surface area contributed by atoms with Gasteiger partial charge in [0.05, 0.1) is 23.4 Å². The Hall–Kier alpha value is -3.06. The second-order valence-corrected chi connectivity index (χ2v) is 7.93. The van der Waals surface area contributed by atoms with E-state index in [-0.39, 0.29) is 18.0 Å². The molecule has 0 radical (unpaired) electrons. The van der Waals surface area contributed by atoms with Crippen molar-refractivity contribution >= 4 is 22.5 Å². The molecule has 0 aliphatic heterocycles. The zero-order chi connectivity index (χ0) is 20.0. The summed E-state index contributed by atoms with van der Waals surface area (Å²) in [6.45, 7) is 2.04. The maximum Gasteiger partial charge on any atom is 0.262 e. The lowest BCUT2D eigenvalue weighted by atomic mass is 9.71. The molecule has 1 saturated carbocycles. The highest BCUT2D eigenvalue weighted by Crippen LogP contribution is 2.46. The average Bonchev–Trinajstić information content (AvgIpc) is 3.11. The predicted octanol–water partition coefficient (Wildman–Crippen LogP) is 3.85. The Bertz CT molecular complexity index is 1260. The van der Waals surface area contributed by atoms with E-state index >= 15 is 0 Å². The molecule has 0 saturated heterocycles. The van der Waals surface area contributed by atoms with Crippen molar-refractivity contribution in [3.63, 3.8) is 0 Å². The third-order valence-electron chi connectivity index (χ3n) is 5.54. The molecule has 146 valence electrons. The first-order valence-corrected chi connectivity index (χ1v) is 9.84. The minimum atomic E-state index is -0.140. The molecule has 29 heavy (non-hydrogen) atoms. The van der Waals surface area contributed by atoms with E-state index in [0.717, 1.165) is 23.4 Å². The molecule has 3 aromatic heterocycles. The minimum Gasteiger partial charge on any atom is -0.337 e. The number of aryl methyl sites for hydroxylation is 1. The van der Waals surface area contributed by atoms with Crippen molar-refractivity contribution in [2.45, 2.75) is 38.1 Å². The summed E-state index contributed by atoms with van der Waals surface area (Å²) in [6.07, 6.45) is 6.67. The predicted molar refractivity (Wildman–Crippen MR) is 108 cm³/mol. The molecule has 7 nitrogen and oxygen atoms in total. The van der Waals surface area contributed by atoms with Crippen molar-refractivity contribution in [1.29, 1.82) is 0 Å². The summed E-state index contributed by atoms with van der Waals surface area (Å²) in [5.41, 5.74) is 2.48. The maximum absolute atomic E-state index is 12.8. The van der Waals surface area contributed by atoms with Crippen LogP contribution in [-0.4, -0.2) is 24.7 Å². The fourth-order valence-electron chi connectivity index (χ4n) is 3.87. The minimum absolute atomic E-state index is 0.140. The maximum atomic E-state index is 12.8. The third-order valence-corrected chi connectivity index (χ3v) is 5.77. The Labute approximate surface area is 171 Å². The molecule has 0 unspecified atom stereocenters. The molecular formula is C21H18ClN5O2. The molecule has 1 aliphatic rings. The number of aromatic nitrogens is 5. The molecule has 1 fully saturated rings. The summed E-state index contributed by atoms with van der Waals surface area (Å²) in [5, 5.41) is 5.45. The number of fused-ring (bicyclic) bond motifs is 1. The van der Waals surface area contributed by atoms with Crippen molar-refractivity contribution in [3.8, 4) is 0 Å². The molecule has 8 heteroatoms. The second kappa shape index (κ2) is 7.08. The van der Waals surface area contributed by atoms with Gasteiger partial charge in [-0.1, -0.05) is 28.9 Å². The summed E-state index contributed by atoms with van der Waals surface area (Å²) >= 11 is 6.09. The summed E-state index contributed by atoms with van der Waals surface area (Å²) in [4.78, 5) is 25.7. The van der Waals surface area contributed by atoms with Crippen LogP contribution in [0.2, 0.25) is 5.02 Å². The quantitative estimate of drug-likeness (QED) is 0.510. The molecule has 5 rings (SSSR count). The van der Waals surface area contributed by atoms with Gasteiger partial charge in [0, 0.05) is 17.1 Å². The zero-order valence-corrected chi connectivity index (χ0v) is 16.5. The largest absolute Gasteiger partial charge is 0.337 e. The Morgan fingerprint density at radius 3 is 2.93 bits per heavy atom. The van der Waals surface area contributed by atoms with E-state index in [4.69, 9.17) is 16.1 Å². The first-order valence-electron chi connectivity index (χ1n) is 9.46. The normalized spacial score (nSPS) is 18.7. The van der Waals surface area contributed by atoms with Gasteiger partial charge < -0.3 is 4.52 Å². The summed E-state index contributed by atoms with van der Waals surface area (Å²) < 4.78 is 6.89. The van der Waals surface area contributed by atoms with Crippen LogP contribution >= 0.6 is 11.6 Å². The highest BCUT2D eigenvalue weighted by atomic mass is 35.5. The van der Waals surface area contributed by atoms with Gasteiger partial charge in [0.2, 0.25) is 5.89 Å². The van der Waals surface area contributed by atoms with Gasteiger partial charge >= 0.3 is 0 Å². The molecule has 0 bridgehead atoms. The molecule has 0 amide bonds. The van der Waals surface area contributed by atoms with Crippen LogP contribution in [0.3, 0.4) is 0 Å². The number of hydrogen-bond acceptors (Lipinski definition) is 6. The van der Waals surface area contributed by atoms with E-state index < -0.39 is 0 Å². The van der Waals surface area contributed by atoms with Crippen LogP contribution < -0.4 is 5.56 Å². The van der Waals surface area contributed by atoms with Crippen LogP contribution in [-0.2, 0) is 6.54 Å². The fraction of sp³-hybridized carbons (Fsp3) is 0.286. The van der Waals surface area contributed by atoms with Gasteiger partial charge in [0.1, 0.15) is 6.54 Å². The summed E-state index contributed by atoms with van der Waals surface area (Å²) in [5.74, 6) is 1.82. The van der Waals surface area contributed by atoms with E-state index in [1.807, 2.05) is 25.1 Å². The molecule has 3 heterocycles. The van der Waals surface area contributed by atoms with Gasteiger partial charge in [0.15, 0.2) is 5.82 Å². The van der Waals surface area contributed by atoms with Gasteiger partial charge in [-0.3, -0.25) is 14.3 Å². The van der Waals surface area contributed by atoms with Gasteiger partial charge in [-0.2, -0.15) is 4.98 Å². The van der Waals surface area contributed by atoms with Gasteiger partial charge in [-0.25, -0.2) is 4.98 Å². The Balaban J connectivity index is 1.32. The first-order chi connectivity index (χ1) is 14.1. The van der Waals surface area contributed by atoms with Gasteiger partial charge in [-0.15, -0.1) is 0 Å². The Kier molecular flexibility index (Phi) is 4.39. The number of halogens is 1. The van der Waals surface area contributed by atoms with Crippen LogP contribution in [0.5, 0.6) is 0 Å². The SMILES string of the molecule is Cc1cncc2ncn(Cc3nc(C4CC(c5cccc(Cl)c5)C4)no3)c(=O)c12. The first kappa shape index (κ1) is 18.0. The standard InChI is InChI=1S/C21H18ClN5O2/c1-12-8-23-9-17-19(12)21(28)27(11-24-17)10-18-25-20(26-29-18)15-5-14(6-15)13-3-2-4-16(22)7-13/h2-4,7-9,11,14-15H,5-6,10H2,1H3. The van der Waals surface area contributed by atoms with E-state index in [1.165, 1.54) is 16.5 Å². The summed E-state index contributed by atoms with van der Waals surface area (Å²) in [7, 11) is 0. The lowest BCUT2D eigenvalue weighted by molar-refractivity contribution is 0.315. The van der Waals surface area contributed by atoms with Crippen molar-refractivity contribution in [2.24, 2.45) is 0 Å². The highest BCUT2D eigenvalue weighted by molar-refractivity contribution is 6.30. The molecule has 0 spiro atoms. The summed E-state index contributed by atoms with van der Waals surface area (Å²) in [6, 6.07) is 7.98. The van der Waals surface area contributed by atoms with Crippen LogP contribution in [0, 0.1) is 6.92 Å². The molecule has 4 aromatic rings. The smallest absolute Gasteiger partial charge is 0.262 e. The van der Waals surface area contributed by atoms with Crippen molar-refractivity contribution in [2.75, 3.05) is 0 Å². The monoisotopic (exact) mass is 407 g/mol. The van der Waals surface area contributed by atoms with E-state index in [0.29, 0.717) is 28.5 Å². The molecule has 1 aromatic carbocycles. The van der Waals surface area contributed by atoms with E-state index in [1.54, 1.807) is 12.4 Å². The van der Waals surface area contributed by atoms with E-state index in [9.17, 15) is 4.79 Å². The highest BCUT2D eigenvalue weighted by Gasteiger charge is 2.34. The lowest BCUT2D eigenvalue weighted by Crippen LogP contribution is -2.22. The number of pyridine rings is 1. The Morgan fingerprint density at radius 1 is 1.24 bits per heavy atom. The average molecular weight is 408 g/mol. The fourth-order valence-corrected chi connectivity index (χ4v) is 4.07. The van der Waals surface area contributed by atoms with Crippen molar-refractivity contribution < 1.29 is 4.52 Å². The van der Waals surface area contributed by atoms with Gasteiger partial charge in [-0.05, 0) is 48.9 Å². The third kappa shape index (κ3) is 3.31. The Morgan fingerprint density at radius 2 is 2.10 bits per heavy atom. The van der Waals surface area contributed by atoms with Crippen LogP contribution in [0.1, 0.15) is 47.5 Å². The topological polar surface area (TPSA) is 86.7 Å². The molecule has 0 atom stereocenters. The van der Waals surface area contributed by atoms with Crippen molar-refractivity contribution in [1.82, 2.24) is 24.7 Å². The van der Waals surface area contributed by atoms with Gasteiger partial charge in [0.25, 0.3) is 5.56 Å². The van der Waals surface area contributed by atoms with Crippen LogP contribution in [0.25, 0.3) is 10.9 Å². The number of hydrogen-bond donors (Lipinski definition) is 0. The zero-order valence-electron chi connectivity index (χ0n) is 15.7. The second-order valence-electron chi connectivity index (χ2n) is 7.49. The number of nitrogens with zero attached hydrogens (tertiary/aromatic N) is 5. The lowest BCUT2D eigenvalue weighted by Gasteiger charge is -2.33. The number of benzene rings is 1. The number of rotatable bonds is 4. The van der Waals surface area contributed by atoms with E-state index in [2.05, 4.69) is 26.2 Å².